The number of thioether (sulfide) groups is 1. The van der Waals surface area contributed by atoms with Crippen LogP contribution < -0.4 is 10.9 Å². The maximum Gasteiger partial charge on any atom is 0.267 e. The summed E-state index contributed by atoms with van der Waals surface area (Å²) in [6.07, 6.45) is 2.59. The van der Waals surface area contributed by atoms with Crippen LogP contribution in [0.4, 0.5) is 0 Å². The molecule has 0 radical (unpaired) electrons. The summed E-state index contributed by atoms with van der Waals surface area (Å²) < 4.78 is 1.70. The van der Waals surface area contributed by atoms with E-state index in [1.807, 2.05) is 62.4 Å². The number of hydrogen-bond donors (Lipinski definition) is 1. The number of amides is 1. The number of thiophene rings is 1. The van der Waals surface area contributed by atoms with Crippen LogP contribution >= 0.6 is 23.1 Å². The second-order valence-electron chi connectivity index (χ2n) is 11.3. The fraction of sp³-hybridized carbons (Fsp3) is 0.286. The number of nitrogens with zero attached hydrogens (tertiary/aromatic N) is 3. The fourth-order valence-corrected chi connectivity index (χ4v) is 7.82. The normalized spacial score (nSPS) is 14.0. The number of carbonyl (C=O) groups is 1. The van der Waals surface area contributed by atoms with Gasteiger partial charge in [0.05, 0.1) is 16.8 Å². The molecule has 5 aromatic rings. The highest BCUT2D eigenvalue weighted by atomic mass is 32.2. The summed E-state index contributed by atoms with van der Waals surface area (Å²) in [5.41, 5.74) is 5.47. The van der Waals surface area contributed by atoms with Gasteiger partial charge in [0, 0.05) is 30.6 Å². The minimum absolute atomic E-state index is 0.0468. The SMILES string of the molecule is Cc1cccc(-n2c(SCC(=O)N[C@@H](C)CCc3ccccc3)nc3sc4c(c3c2=O)CCN(Cc2ccccc2)C4)c1. The zero-order valence-corrected chi connectivity index (χ0v) is 26.2. The molecule has 3 heterocycles. The molecule has 43 heavy (non-hydrogen) atoms. The van der Waals surface area contributed by atoms with Gasteiger partial charge in [0.1, 0.15) is 4.83 Å². The summed E-state index contributed by atoms with van der Waals surface area (Å²) in [4.78, 5) is 36.6. The van der Waals surface area contributed by atoms with Crippen LogP contribution in [-0.2, 0) is 30.7 Å². The largest absolute Gasteiger partial charge is 0.353 e. The topological polar surface area (TPSA) is 67.2 Å². The molecule has 0 spiro atoms. The highest BCUT2D eigenvalue weighted by molar-refractivity contribution is 7.99. The standard InChI is InChI=1S/C35H36N4O2S2/c1-24-10-9-15-28(20-24)39-34(41)32-29-18-19-38(21-27-13-7-4-8-14-27)22-30(29)43-33(32)37-35(39)42-23-31(40)36-25(2)16-17-26-11-5-3-6-12-26/h3-15,20,25H,16-19,21-23H2,1-2H3,(H,36,40)/t25-/m0/s1. The number of benzene rings is 3. The first kappa shape index (κ1) is 29.4. The van der Waals surface area contributed by atoms with Crippen LogP contribution in [0.15, 0.2) is 94.9 Å². The number of hydrogen-bond acceptors (Lipinski definition) is 6. The molecular weight excluding hydrogens is 573 g/mol. The molecular formula is C35H36N4O2S2. The first-order valence-corrected chi connectivity index (χ1v) is 16.6. The van der Waals surface area contributed by atoms with Crippen LogP contribution in [-0.4, -0.2) is 38.7 Å². The summed E-state index contributed by atoms with van der Waals surface area (Å²) in [6.45, 7) is 6.65. The molecule has 0 bridgehead atoms. The minimum Gasteiger partial charge on any atom is -0.353 e. The summed E-state index contributed by atoms with van der Waals surface area (Å²) in [5.74, 6) is 0.132. The second-order valence-corrected chi connectivity index (χ2v) is 13.3. The molecule has 0 saturated heterocycles. The van der Waals surface area contributed by atoms with E-state index in [0.29, 0.717) is 5.16 Å². The fourth-order valence-electron chi connectivity index (χ4n) is 5.69. The van der Waals surface area contributed by atoms with Crippen molar-refractivity contribution in [2.45, 2.75) is 57.4 Å². The Morgan fingerprint density at radius 3 is 2.51 bits per heavy atom. The zero-order valence-electron chi connectivity index (χ0n) is 24.6. The van der Waals surface area contributed by atoms with Gasteiger partial charge in [-0.3, -0.25) is 19.1 Å². The van der Waals surface area contributed by atoms with Crippen molar-refractivity contribution >= 4 is 39.2 Å². The monoisotopic (exact) mass is 608 g/mol. The van der Waals surface area contributed by atoms with E-state index in [0.717, 1.165) is 65.9 Å². The number of carbonyl (C=O) groups excluding carboxylic acids is 1. The summed E-state index contributed by atoms with van der Waals surface area (Å²) in [5, 5.41) is 4.40. The van der Waals surface area contributed by atoms with Crippen molar-refractivity contribution in [3.8, 4) is 5.69 Å². The summed E-state index contributed by atoms with van der Waals surface area (Å²) in [6, 6.07) is 28.8. The van der Waals surface area contributed by atoms with E-state index in [4.69, 9.17) is 4.98 Å². The Bertz CT molecular complexity index is 1780. The lowest BCUT2D eigenvalue weighted by atomic mass is 10.0. The lowest BCUT2D eigenvalue weighted by molar-refractivity contribution is -0.119. The van der Waals surface area contributed by atoms with E-state index in [-0.39, 0.29) is 23.3 Å². The number of fused-ring (bicyclic) bond motifs is 3. The molecule has 1 aliphatic rings. The smallest absolute Gasteiger partial charge is 0.267 e. The number of nitrogens with one attached hydrogen (secondary N) is 1. The molecule has 1 aliphatic heterocycles. The molecule has 1 amide bonds. The Morgan fingerprint density at radius 2 is 1.77 bits per heavy atom. The van der Waals surface area contributed by atoms with E-state index < -0.39 is 0 Å². The third-order valence-corrected chi connectivity index (χ3v) is 9.93. The lowest BCUT2D eigenvalue weighted by Gasteiger charge is -2.26. The Hall–Kier alpha value is -3.72. The predicted molar refractivity (Wildman–Crippen MR) is 177 cm³/mol. The van der Waals surface area contributed by atoms with Gasteiger partial charge in [0.15, 0.2) is 5.16 Å². The van der Waals surface area contributed by atoms with Crippen molar-refractivity contribution in [1.82, 2.24) is 19.8 Å². The van der Waals surface area contributed by atoms with E-state index in [2.05, 4.69) is 46.6 Å². The third-order valence-electron chi connectivity index (χ3n) is 7.88. The van der Waals surface area contributed by atoms with Gasteiger partial charge in [-0.15, -0.1) is 11.3 Å². The maximum absolute atomic E-state index is 14.2. The van der Waals surface area contributed by atoms with Crippen LogP contribution in [0.3, 0.4) is 0 Å². The quantitative estimate of drug-likeness (QED) is 0.144. The second kappa shape index (κ2) is 13.3. The van der Waals surface area contributed by atoms with Crippen molar-refractivity contribution in [3.05, 3.63) is 122 Å². The summed E-state index contributed by atoms with van der Waals surface area (Å²) >= 11 is 2.94. The maximum atomic E-state index is 14.2. The van der Waals surface area contributed by atoms with E-state index in [9.17, 15) is 9.59 Å². The summed E-state index contributed by atoms with van der Waals surface area (Å²) in [7, 11) is 0. The van der Waals surface area contributed by atoms with Crippen LogP contribution in [0.2, 0.25) is 0 Å². The Kier molecular flexibility index (Phi) is 9.07. The average Bonchev–Trinajstić information content (AvgIpc) is 3.38. The van der Waals surface area contributed by atoms with Crippen LogP contribution in [0.5, 0.6) is 0 Å². The lowest BCUT2D eigenvalue weighted by Crippen LogP contribution is -2.34. The van der Waals surface area contributed by atoms with Gasteiger partial charge in [-0.1, -0.05) is 84.6 Å². The Morgan fingerprint density at radius 1 is 1.02 bits per heavy atom. The molecule has 0 saturated carbocycles. The first-order chi connectivity index (χ1) is 20.9. The Labute approximate surface area is 260 Å². The van der Waals surface area contributed by atoms with Gasteiger partial charge < -0.3 is 5.32 Å². The molecule has 6 nitrogen and oxygen atoms in total. The number of aryl methyl sites for hydroxylation is 2. The average molecular weight is 609 g/mol. The van der Waals surface area contributed by atoms with Gasteiger partial charge in [0.2, 0.25) is 5.91 Å². The zero-order chi connectivity index (χ0) is 29.8. The van der Waals surface area contributed by atoms with Crippen molar-refractivity contribution in [1.29, 1.82) is 0 Å². The van der Waals surface area contributed by atoms with Crippen LogP contribution in [0.1, 0.15) is 40.5 Å². The molecule has 1 N–H and O–H groups in total. The molecule has 1 atom stereocenters. The van der Waals surface area contributed by atoms with Crippen molar-refractivity contribution in [2.24, 2.45) is 0 Å². The van der Waals surface area contributed by atoms with Crippen molar-refractivity contribution in [3.63, 3.8) is 0 Å². The molecule has 8 heteroatoms. The van der Waals surface area contributed by atoms with E-state index in [1.54, 1.807) is 15.9 Å². The van der Waals surface area contributed by atoms with Crippen LogP contribution in [0.25, 0.3) is 15.9 Å². The highest BCUT2D eigenvalue weighted by Gasteiger charge is 2.26. The number of aromatic nitrogens is 2. The van der Waals surface area contributed by atoms with E-state index in [1.165, 1.54) is 27.8 Å². The van der Waals surface area contributed by atoms with Gasteiger partial charge >= 0.3 is 0 Å². The minimum atomic E-state index is -0.0577. The van der Waals surface area contributed by atoms with Gasteiger partial charge in [-0.25, -0.2) is 4.98 Å². The number of rotatable bonds is 10. The molecule has 2 aromatic heterocycles. The predicted octanol–water partition coefficient (Wildman–Crippen LogP) is 6.54. The molecule has 220 valence electrons. The first-order valence-electron chi connectivity index (χ1n) is 14.8. The Balaban J connectivity index is 1.24. The van der Waals surface area contributed by atoms with Crippen molar-refractivity contribution in [2.75, 3.05) is 12.3 Å². The van der Waals surface area contributed by atoms with Gasteiger partial charge in [-0.2, -0.15) is 0 Å². The highest BCUT2D eigenvalue weighted by Crippen LogP contribution is 2.35. The molecule has 0 aliphatic carbocycles. The molecule has 0 fully saturated rings. The molecule has 0 unspecified atom stereocenters. The molecule has 6 rings (SSSR count). The van der Waals surface area contributed by atoms with Crippen molar-refractivity contribution < 1.29 is 4.79 Å². The molecule has 3 aromatic carbocycles. The third kappa shape index (κ3) is 6.93. The van der Waals surface area contributed by atoms with Crippen LogP contribution in [0, 0.1) is 6.92 Å². The van der Waals surface area contributed by atoms with Gasteiger partial charge in [-0.05, 0) is 67.5 Å². The van der Waals surface area contributed by atoms with E-state index >= 15 is 0 Å². The van der Waals surface area contributed by atoms with Gasteiger partial charge in [0.25, 0.3) is 5.56 Å².